The maximum atomic E-state index is 13.5. The Labute approximate surface area is 146 Å². The molecule has 2 aliphatic rings. The van der Waals surface area contributed by atoms with Crippen LogP contribution in [0.3, 0.4) is 0 Å². The van der Waals surface area contributed by atoms with Crippen molar-refractivity contribution in [1.82, 2.24) is 16.0 Å². The normalized spacial score (nSPS) is 22.9. The zero-order chi connectivity index (χ0) is 17.6. The van der Waals surface area contributed by atoms with Crippen molar-refractivity contribution in [3.8, 4) is 0 Å². The summed E-state index contributed by atoms with van der Waals surface area (Å²) >= 11 is 0. The van der Waals surface area contributed by atoms with Gasteiger partial charge in [-0.3, -0.25) is 4.79 Å². The summed E-state index contributed by atoms with van der Waals surface area (Å²) in [6, 6.07) is 5.68. The highest BCUT2D eigenvalue weighted by Gasteiger charge is 2.36. The van der Waals surface area contributed by atoms with Gasteiger partial charge in [-0.15, -0.1) is 0 Å². The number of amides is 3. The van der Waals surface area contributed by atoms with Crippen molar-refractivity contribution in [2.45, 2.75) is 37.8 Å². The summed E-state index contributed by atoms with van der Waals surface area (Å²) in [4.78, 5) is 23.8. The molecule has 0 radical (unpaired) electrons. The SMILES string of the molecule is O=C(NCCNC(=O)c1ccccc1F)NC1CCOC(C2CC2)C1. The van der Waals surface area contributed by atoms with Crippen LogP contribution in [-0.4, -0.2) is 43.8 Å². The van der Waals surface area contributed by atoms with Crippen LogP contribution in [0.1, 0.15) is 36.0 Å². The highest BCUT2D eigenvalue weighted by atomic mass is 19.1. The van der Waals surface area contributed by atoms with Crippen LogP contribution >= 0.6 is 0 Å². The Bertz CT molecular complexity index is 621. The number of carbonyl (C=O) groups excluding carboxylic acids is 2. The van der Waals surface area contributed by atoms with Gasteiger partial charge in [0, 0.05) is 25.7 Å². The van der Waals surface area contributed by atoms with Gasteiger partial charge in [-0.05, 0) is 43.7 Å². The zero-order valence-corrected chi connectivity index (χ0v) is 14.1. The lowest BCUT2D eigenvalue weighted by Gasteiger charge is -2.30. The molecule has 1 heterocycles. The van der Waals surface area contributed by atoms with E-state index in [1.165, 1.54) is 31.0 Å². The Kier molecular flexibility index (Phi) is 5.86. The maximum Gasteiger partial charge on any atom is 0.315 e. The largest absolute Gasteiger partial charge is 0.378 e. The molecule has 25 heavy (non-hydrogen) atoms. The van der Waals surface area contributed by atoms with Gasteiger partial charge in [0.05, 0.1) is 11.7 Å². The lowest BCUT2D eigenvalue weighted by molar-refractivity contribution is -0.00913. The molecule has 3 amide bonds. The van der Waals surface area contributed by atoms with Crippen LogP contribution in [0.5, 0.6) is 0 Å². The molecule has 1 saturated carbocycles. The average molecular weight is 349 g/mol. The number of hydrogen-bond acceptors (Lipinski definition) is 3. The third-order valence-electron chi connectivity index (χ3n) is 4.61. The molecule has 6 nitrogen and oxygen atoms in total. The minimum absolute atomic E-state index is 0.000255. The van der Waals surface area contributed by atoms with E-state index < -0.39 is 11.7 Å². The molecule has 7 heteroatoms. The Hall–Kier alpha value is -2.15. The van der Waals surface area contributed by atoms with Gasteiger partial charge < -0.3 is 20.7 Å². The molecule has 1 aliphatic carbocycles. The van der Waals surface area contributed by atoms with E-state index in [9.17, 15) is 14.0 Å². The van der Waals surface area contributed by atoms with Crippen molar-refractivity contribution >= 4 is 11.9 Å². The molecule has 2 unspecified atom stereocenters. The monoisotopic (exact) mass is 349 g/mol. The van der Waals surface area contributed by atoms with Crippen molar-refractivity contribution in [3.63, 3.8) is 0 Å². The first-order valence-corrected chi connectivity index (χ1v) is 8.82. The van der Waals surface area contributed by atoms with E-state index >= 15 is 0 Å². The number of rotatable bonds is 6. The molecule has 1 aromatic rings. The first-order valence-electron chi connectivity index (χ1n) is 8.82. The fourth-order valence-corrected chi connectivity index (χ4v) is 3.08. The molecular formula is C18H24FN3O3. The van der Waals surface area contributed by atoms with Gasteiger partial charge in [-0.1, -0.05) is 12.1 Å². The van der Waals surface area contributed by atoms with E-state index in [1.54, 1.807) is 6.07 Å². The summed E-state index contributed by atoms with van der Waals surface area (Å²) in [5.74, 6) is -0.381. The number of urea groups is 1. The van der Waals surface area contributed by atoms with Gasteiger partial charge in [0.15, 0.2) is 0 Å². The van der Waals surface area contributed by atoms with E-state index in [0.29, 0.717) is 12.5 Å². The first kappa shape index (κ1) is 17.7. The molecule has 0 bridgehead atoms. The number of hydrogen-bond donors (Lipinski definition) is 3. The second kappa shape index (κ2) is 8.29. The standard InChI is InChI=1S/C18H24FN3O3/c19-15-4-2-1-3-14(15)17(23)20-8-9-21-18(24)22-13-7-10-25-16(11-13)12-5-6-12/h1-4,12-13,16H,5-11H2,(H,20,23)(H2,21,22,24). The fourth-order valence-electron chi connectivity index (χ4n) is 3.08. The van der Waals surface area contributed by atoms with Gasteiger partial charge in [0.1, 0.15) is 5.82 Å². The Morgan fingerprint density at radius 3 is 2.64 bits per heavy atom. The Morgan fingerprint density at radius 1 is 1.12 bits per heavy atom. The van der Waals surface area contributed by atoms with E-state index in [2.05, 4.69) is 16.0 Å². The van der Waals surface area contributed by atoms with Crippen LogP contribution in [0, 0.1) is 11.7 Å². The third kappa shape index (κ3) is 5.16. The minimum Gasteiger partial charge on any atom is -0.378 e. The summed E-state index contributed by atoms with van der Waals surface area (Å²) in [5.41, 5.74) is 0.000255. The molecule has 3 rings (SSSR count). The van der Waals surface area contributed by atoms with Crippen molar-refractivity contribution < 1.29 is 18.7 Å². The molecule has 1 aliphatic heterocycles. The maximum absolute atomic E-state index is 13.5. The van der Waals surface area contributed by atoms with Crippen LogP contribution in [0.4, 0.5) is 9.18 Å². The molecule has 136 valence electrons. The fraction of sp³-hybridized carbons (Fsp3) is 0.556. The zero-order valence-electron chi connectivity index (χ0n) is 14.1. The van der Waals surface area contributed by atoms with Crippen molar-refractivity contribution in [1.29, 1.82) is 0 Å². The number of nitrogens with one attached hydrogen (secondary N) is 3. The van der Waals surface area contributed by atoms with E-state index in [4.69, 9.17) is 4.74 Å². The number of carbonyl (C=O) groups is 2. The molecule has 0 spiro atoms. The third-order valence-corrected chi connectivity index (χ3v) is 4.61. The second-order valence-corrected chi connectivity index (χ2v) is 6.60. The molecule has 2 fully saturated rings. The Balaban J connectivity index is 1.32. The van der Waals surface area contributed by atoms with Gasteiger partial charge in [0.2, 0.25) is 0 Å². The highest BCUT2D eigenvalue weighted by Crippen LogP contribution is 2.38. The predicted molar refractivity (Wildman–Crippen MR) is 90.8 cm³/mol. The van der Waals surface area contributed by atoms with Crippen LogP contribution in [-0.2, 0) is 4.74 Å². The second-order valence-electron chi connectivity index (χ2n) is 6.60. The summed E-state index contributed by atoms with van der Waals surface area (Å²) in [5, 5.41) is 8.26. The topological polar surface area (TPSA) is 79.5 Å². The average Bonchev–Trinajstić information content (AvgIpc) is 3.44. The number of halogens is 1. The molecular weight excluding hydrogens is 325 g/mol. The molecule has 1 saturated heterocycles. The van der Waals surface area contributed by atoms with Crippen LogP contribution in [0.2, 0.25) is 0 Å². The van der Waals surface area contributed by atoms with Crippen molar-refractivity contribution in [2.75, 3.05) is 19.7 Å². The van der Waals surface area contributed by atoms with E-state index in [-0.39, 0.29) is 36.8 Å². The van der Waals surface area contributed by atoms with Gasteiger partial charge >= 0.3 is 6.03 Å². The summed E-state index contributed by atoms with van der Waals surface area (Å²) < 4.78 is 19.2. The number of ether oxygens (including phenoxy) is 1. The molecule has 3 N–H and O–H groups in total. The lowest BCUT2D eigenvalue weighted by atomic mass is 10.0. The molecule has 2 atom stereocenters. The van der Waals surface area contributed by atoms with Crippen LogP contribution < -0.4 is 16.0 Å². The molecule has 0 aromatic heterocycles. The summed E-state index contributed by atoms with van der Waals surface area (Å²) in [6.07, 6.45) is 4.42. The van der Waals surface area contributed by atoms with Gasteiger partial charge in [-0.2, -0.15) is 0 Å². The van der Waals surface area contributed by atoms with E-state index in [0.717, 1.165) is 12.8 Å². The van der Waals surface area contributed by atoms with E-state index in [1.807, 2.05) is 0 Å². The molecule has 1 aromatic carbocycles. The summed E-state index contributed by atoms with van der Waals surface area (Å²) in [7, 11) is 0. The van der Waals surface area contributed by atoms with Gasteiger partial charge in [0.25, 0.3) is 5.91 Å². The minimum atomic E-state index is -0.560. The number of benzene rings is 1. The van der Waals surface area contributed by atoms with Crippen LogP contribution in [0.15, 0.2) is 24.3 Å². The first-order chi connectivity index (χ1) is 12.1. The summed E-state index contributed by atoms with van der Waals surface area (Å²) in [6.45, 7) is 1.20. The van der Waals surface area contributed by atoms with Crippen molar-refractivity contribution in [2.24, 2.45) is 5.92 Å². The van der Waals surface area contributed by atoms with Crippen LogP contribution in [0.25, 0.3) is 0 Å². The quantitative estimate of drug-likeness (QED) is 0.686. The Morgan fingerprint density at radius 2 is 1.88 bits per heavy atom. The van der Waals surface area contributed by atoms with Crippen molar-refractivity contribution in [3.05, 3.63) is 35.6 Å². The smallest absolute Gasteiger partial charge is 0.315 e. The lowest BCUT2D eigenvalue weighted by Crippen LogP contribution is -2.48. The highest BCUT2D eigenvalue weighted by molar-refractivity contribution is 5.94. The predicted octanol–water partition coefficient (Wildman–Crippen LogP) is 1.81. The van der Waals surface area contributed by atoms with Gasteiger partial charge in [-0.25, -0.2) is 9.18 Å².